The SMILES string of the molecule is Cc1nsc(Nc2cnc3ccccc3n2)c1C(=O)Nc1cccc(C(=O)N[C@H](C(=O)OC(C)(C)C)[C@@H](C)OC(C)(C)C)c1. The van der Waals surface area contributed by atoms with Crippen molar-refractivity contribution in [1.29, 1.82) is 0 Å². The van der Waals surface area contributed by atoms with Gasteiger partial charge in [-0.2, -0.15) is 4.37 Å². The largest absolute Gasteiger partial charge is 0.458 e. The third-order valence-electron chi connectivity index (χ3n) is 6.12. The highest BCUT2D eigenvalue weighted by Gasteiger charge is 2.34. The molecule has 0 aliphatic heterocycles. The summed E-state index contributed by atoms with van der Waals surface area (Å²) in [6.07, 6.45) is 0.919. The van der Waals surface area contributed by atoms with E-state index in [-0.39, 0.29) is 5.56 Å². The maximum absolute atomic E-state index is 13.4. The molecule has 44 heavy (non-hydrogen) atoms. The van der Waals surface area contributed by atoms with Gasteiger partial charge in [-0.15, -0.1) is 0 Å². The van der Waals surface area contributed by atoms with Crippen molar-refractivity contribution in [2.24, 2.45) is 0 Å². The van der Waals surface area contributed by atoms with Gasteiger partial charge in [0.1, 0.15) is 16.4 Å². The van der Waals surface area contributed by atoms with E-state index in [9.17, 15) is 14.4 Å². The quantitative estimate of drug-likeness (QED) is 0.191. The van der Waals surface area contributed by atoms with E-state index in [1.54, 1.807) is 59.0 Å². The minimum absolute atomic E-state index is 0.240. The van der Waals surface area contributed by atoms with Crippen molar-refractivity contribution < 1.29 is 23.9 Å². The molecule has 0 fully saturated rings. The molecular weight excluding hydrogens is 580 g/mol. The lowest BCUT2D eigenvalue weighted by Gasteiger charge is -2.32. The predicted octanol–water partition coefficient (Wildman–Crippen LogP) is 6.03. The van der Waals surface area contributed by atoms with Crippen molar-refractivity contribution in [3.63, 3.8) is 0 Å². The molecule has 12 heteroatoms. The number of nitrogens with one attached hydrogen (secondary N) is 3. The second kappa shape index (κ2) is 13.1. The maximum Gasteiger partial charge on any atom is 0.331 e. The number of carbonyl (C=O) groups is 3. The number of hydrogen-bond donors (Lipinski definition) is 3. The number of hydrogen-bond acceptors (Lipinski definition) is 10. The first kappa shape index (κ1) is 32.5. The first-order valence-electron chi connectivity index (χ1n) is 14.2. The highest BCUT2D eigenvalue weighted by Crippen LogP contribution is 2.29. The first-order valence-corrected chi connectivity index (χ1v) is 14.9. The molecule has 2 aromatic carbocycles. The predicted molar refractivity (Wildman–Crippen MR) is 171 cm³/mol. The highest BCUT2D eigenvalue weighted by atomic mass is 32.1. The summed E-state index contributed by atoms with van der Waals surface area (Å²) in [5, 5.41) is 9.28. The number of esters is 1. The Labute approximate surface area is 261 Å². The summed E-state index contributed by atoms with van der Waals surface area (Å²) in [4.78, 5) is 48.8. The van der Waals surface area contributed by atoms with Gasteiger partial charge in [-0.25, -0.2) is 9.78 Å². The van der Waals surface area contributed by atoms with Crippen LogP contribution in [0.1, 0.15) is 74.9 Å². The number of fused-ring (bicyclic) bond motifs is 1. The van der Waals surface area contributed by atoms with Gasteiger partial charge in [0.25, 0.3) is 11.8 Å². The van der Waals surface area contributed by atoms with Crippen LogP contribution < -0.4 is 16.0 Å². The zero-order valence-electron chi connectivity index (χ0n) is 26.1. The third-order valence-corrected chi connectivity index (χ3v) is 6.97. The molecular formula is C32H38N6O5S. The Morgan fingerprint density at radius 3 is 2.30 bits per heavy atom. The maximum atomic E-state index is 13.4. The van der Waals surface area contributed by atoms with Crippen molar-refractivity contribution in [3.8, 4) is 0 Å². The van der Waals surface area contributed by atoms with Crippen molar-refractivity contribution in [1.82, 2.24) is 19.7 Å². The summed E-state index contributed by atoms with van der Waals surface area (Å²) in [6.45, 7) is 14.3. The Bertz CT molecular complexity index is 1670. The zero-order chi connectivity index (χ0) is 32.2. The number of amides is 2. The molecule has 3 N–H and O–H groups in total. The monoisotopic (exact) mass is 618 g/mol. The molecule has 0 spiro atoms. The fourth-order valence-corrected chi connectivity index (χ4v) is 5.17. The highest BCUT2D eigenvalue weighted by molar-refractivity contribution is 7.10. The number of nitrogens with zero attached hydrogens (tertiary/aromatic N) is 3. The molecule has 2 heterocycles. The minimum Gasteiger partial charge on any atom is -0.458 e. The van der Waals surface area contributed by atoms with Crippen molar-refractivity contribution in [3.05, 3.63) is 71.5 Å². The molecule has 0 saturated heterocycles. The number of carbonyl (C=O) groups excluding carboxylic acids is 3. The topological polar surface area (TPSA) is 144 Å². The summed E-state index contributed by atoms with van der Waals surface area (Å²) in [5.41, 5.74) is 1.67. The number of para-hydroxylation sites is 2. The van der Waals surface area contributed by atoms with Gasteiger partial charge in [0.2, 0.25) is 0 Å². The van der Waals surface area contributed by atoms with E-state index in [0.717, 1.165) is 17.0 Å². The lowest BCUT2D eigenvalue weighted by atomic mass is 10.1. The molecule has 232 valence electrons. The summed E-state index contributed by atoms with van der Waals surface area (Å²) in [6, 6.07) is 12.9. The van der Waals surface area contributed by atoms with E-state index in [0.29, 0.717) is 33.3 Å². The van der Waals surface area contributed by atoms with Gasteiger partial charge < -0.3 is 25.4 Å². The fourth-order valence-electron chi connectivity index (χ4n) is 4.37. The molecule has 4 aromatic rings. The number of aromatic nitrogens is 3. The summed E-state index contributed by atoms with van der Waals surface area (Å²) in [7, 11) is 0. The average Bonchev–Trinajstić information content (AvgIpc) is 3.29. The molecule has 0 aliphatic rings. The summed E-state index contributed by atoms with van der Waals surface area (Å²) in [5.74, 6) is -1.07. The summed E-state index contributed by atoms with van der Waals surface area (Å²) >= 11 is 1.13. The van der Waals surface area contributed by atoms with E-state index < -0.39 is 41.1 Å². The molecule has 0 aliphatic carbocycles. The Hall–Kier alpha value is -4.42. The van der Waals surface area contributed by atoms with Crippen LogP contribution in [0.15, 0.2) is 54.7 Å². The molecule has 2 aromatic heterocycles. The van der Waals surface area contributed by atoms with Gasteiger partial charge in [0, 0.05) is 11.3 Å². The molecule has 0 bridgehead atoms. The number of anilines is 3. The van der Waals surface area contributed by atoms with Gasteiger partial charge in [-0.1, -0.05) is 18.2 Å². The van der Waals surface area contributed by atoms with Crippen LogP contribution in [0.2, 0.25) is 0 Å². The lowest BCUT2D eigenvalue weighted by molar-refractivity contribution is -0.164. The van der Waals surface area contributed by atoms with E-state index in [4.69, 9.17) is 9.47 Å². The normalized spacial score (nSPS) is 13.2. The van der Waals surface area contributed by atoms with Gasteiger partial charge in [-0.3, -0.25) is 14.6 Å². The van der Waals surface area contributed by atoms with Crippen LogP contribution >= 0.6 is 11.5 Å². The zero-order valence-corrected chi connectivity index (χ0v) is 27.0. The Balaban J connectivity index is 1.51. The van der Waals surface area contributed by atoms with Gasteiger partial charge in [0.15, 0.2) is 6.04 Å². The molecule has 0 radical (unpaired) electrons. The van der Waals surface area contributed by atoms with Crippen molar-refractivity contribution in [2.75, 3.05) is 10.6 Å². The molecule has 11 nitrogen and oxygen atoms in total. The number of rotatable bonds is 9. The second-order valence-corrected chi connectivity index (χ2v) is 13.1. The Morgan fingerprint density at radius 2 is 1.61 bits per heavy atom. The van der Waals surface area contributed by atoms with Crippen molar-refractivity contribution in [2.45, 2.75) is 78.7 Å². The van der Waals surface area contributed by atoms with Crippen LogP contribution in [0.5, 0.6) is 0 Å². The van der Waals surface area contributed by atoms with E-state index in [1.807, 2.05) is 45.0 Å². The van der Waals surface area contributed by atoms with E-state index >= 15 is 0 Å². The standard InChI is InChI=1S/C32H38N6O5S/c1-18-25(29(44-38-18)36-24-17-33-22-14-9-10-15-23(22)35-24)28(40)34-21-13-11-12-20(16-21)27(39)37-26(19(2)42-31(3,4)5)30(41)43-32(6,7)8/h9-17,19,26H,1-8H3,(H,34,40)(H,35,36)(H,37,39)/t19-,26+/m1/s1. The van der Waals surface area contributed by atoms with E-state index in [1.165, 1.54) is 6.07 Å². The third kappa shape index (κ3) is 8.57. The van der Waals surface area contributed by atoms with E-state index in [2.05, 4.69) is 30.3 Å². The molecule has 4 rings (SSSR count). The van der Waals surface area contributed by atoms with Gasteiger partial charge in [0.05, 0.1) is 40.2 Å². The number of benzene rings is 2. The van der Waals surface area contributed by atoms with Crippen LogP contribution in [0.3, 0.4) is 0 Å². The van der Waals surface area contributed by atoms with Crippen LogP contribution in [0.4, 0.5) is 16.5 Å². The van der Waals surface area contributed by atoms with Gasteiger partial charge in [-0.05, 0) is 97.3 Å². The fraction of sp³-hybridized carbons (Fsp3) is 0.375. The van der Waals surface area contributed by atoms with Crippen LogP contribution in [0.25, 0.3) is 11.0 Å². The van der Waals surface area contributed by atoms with Crippen LogP contribution in [-0.4, -0.2) is 55.5 Å². The lowest BCUT2D eigenvalue weighted by Crippen LogP contribution is -2.52. The first-order chi connectivity index (χ1) is 20.6. The minimum atomic E-state index is -1.06. The number of aryl methyl sites for hydroxylation is 1. The smallest absolute Gasteiger partial charge is 0.331 e. The van der Waals surface area contributed by atoms with Crippen molar-refractivity contribution >= 4 is 56.9 Å². The van der Waals surface area contributed by atoms with Gasteiger partial charge >= 0.3 is 5.97 Å². The summed E-state index contributed by atoms with van der Waals surface area (Å²) < 4.78 is 15.9. The Kier molecular flexibility index (Phi) is 9.65. The van der Waals surface area contributed by atoms with Crippen LogP contribution in [-0.2, 0) is 14.3 Å². The molecule has 2 atom stereocenters. The molecule has 0 unspecified atom stereocenters. The second-order valence-electron chi connectivity index (χ2n) is 12.3. The number of ether oxygens (including phenoxy) is 2. The molecule has 2 amide bonds. The average molecular weight is 619 g/mol. The van der Waals surface area contributed by atoms with Crippen LogP contribution in [0, 0.1) is 6.92 Å². The Morgan fingerprint density at radius 1 is 0.909 bits per heavy atom. The molecule has 0 saturated carbocycles.